The molecular formula is C17H11BrN4. The van der Waals surface area contributed by atoms with Crippen LogP contribution in [0.2, 0.25) is 0 Å². The molecule has 0 unspecified atom stereocenters. The van der Waals surface area contributed by atoms with Crippen LogP contribution in [0.15, 0.2) is 71.5 Å². The summed E-state index contributed by atoms with van der Waals surface area (Å²) in [6.45, 7) is 0. The van der Waals surface area contributed by atoms with E-state index >= 15 is 0 Å². The van der Waals surface area contributed by atoms with Gasteiger partial charge in [-0.1, -0.05) is 58.4 Å². The zero-order chi connectivity index (χ0) is 14.9. The van der Waals surface area contributed by atoms with Gasteiger partial charge in [0.2, 0.25) is 0 Å². The van der Waals surface area contributed by atoms with E-state index in [4.69, 9.17) is 0 Å². The average molecular weight is 351 g/mol. The number of hydrogen-bond acceptors (Lipinski definition) is 3. The highest BCUT2D eigenvalue weighted by Crippen LogP contribution is 2.26. The molecule has 0 bridgehead atoms. The van der Waals surface area contributed by atoms with Gasteiger partial charge < -0.3 is 0 Å². The van der Waals surface area contributed by atoms with Crippen LogP contribution < -0.4 is 0 Å². The van der Waals surface area contributed by atoms with Crippen molar-refractivity contribution in [2.45, 2.75) is 0 Å². The van der Waals surface area contributed by atoms with E-state index in [0.29, 0.717) is 5.78 Å². The van der Waals surface area contributed by atoms with E-state index in [1.807, 2.05) is 48.5 Å². The Morgan fingerprint density at radius 2 is 1.64 bits per heavy atom. The van der Waals surface area contributed by atoms with Crippen molar-refractivity contribution < 1.29 is 0 Å². The van der Waals surface area contributed by atoms with Crippen molar-refractivity contribution in [1.29, 1.82) is 0 Å². The molecule has 0 fully saturated rings. The van der Waals surface area contributed by atoms with Crippen LogP contribution in [0, 0.1) is 0 Å². The number of aromatic nitrogens is 4. The van der Waals surface area contributed by atoms with Gasteiger partial charge in [-0.25, -0.2) is 4.98 Å². The summed E-state index contributed by atoms with van der Waals surface area (Å²) in [7, 11) is 0. The fraction of sp³-hybridized carbons (Fsp3) is 0. The molecule has 22 heavy (non-hydrogen) atoms. The van der Waals surface area contributed by atoms with E-state index in [2.05, 4.69) is 43.1 Å². The summed E-state index contributed by atoms with van der Waals surface area (Å²) < 4.78 is 2.80. The number of rotatable bonds is 2. The molecule has 0 radical (unpaired) electrons. The Balaban J connectivity index is 1.97. The molecule has 0 aliphatic rings. The Morgan fingerprint density at radius 1 is 0.864 bits per heavy atom. The second-order valence-electron chi connectivity index (χ2n) is 4.87. The van der Waals surface area contributed by atoms with Crippen LogP contribution >= 0.6 is 15.9 Å². The van der Waals surface area contributed by atoms with Gasteiger partial charge in [-0.05, 0) is 18.2 Å². The molecule has 0 saturated heterocycles. The molecule has 0 aliphatic carbocycles. The van der Waals surface area contributed by atoms with Crippen molar-refractivity contribution in [2.75, 3.05) is 0 Å². The van der Waals surface area contributed by atoms with Gasteiger partial charge in [0.1, 0.15) is 6.33 Å². The number of fused-ring (bicyclic) bond motifs is 1. The maximum atomic E-state index is 4.59. The number of nitrogens with zero attached hydrogens (tertiary/aromatic N) is 4. The minimum atomic E-state index is 0.597. The Morgan fingerprint density at radius 3 is 2.41 bits per heavy atom. The van der Waals surface area contributed by atoms with Crippen molar-refractivity contribution in [1.82, 2.24) is 19.6 Å². The Bertz CT molecular complexity index is 930. The predicted molar refractivity (Wildman–Crippen MR) is 89.4 cm³/mol. The molecule has 2 aromatic carbocycles. The summed E-state index contributed by atoms with van der Waals surface area (Å²) in [5.74, 6) is 0.597. The normalized spacial score (nSPS) is 11.0. The maximum absolute atomic E-state index is 4.59. The molecule has 2 heterocycles. The minimum Gasteiger partial charge on any atom is -0.211 e. The smallest absolute Gasteiger partial charge is 0.211 e. The maximum Gasteiger partial charge on any atom is 0.253 e. The second-order valence-corrected chi connectivity index (χ2v) is 5.79. The van der Waals surface area contributed by atoms with E-state index in [1.165, 1.54) is 6.33 Å². The first-order valence-electron chi connectivity index (χ1n) is 6.83. The molecule has 4 aromatic rings. The van der Waals surface area contributed by atoms with Crippen molar-refractivity contribution in [2.24, 2.45) is 0 Å². The molecule has 4 nitrogen and oxygen atoms in total. The summed E-state index contributed by atoms with van der Waals surface area (Å²) in [5, 5.41) is 4.28. The highest BCUT2D eigenvalue weighted by molar-refractivity contribution is 9.10. The van der Waals surface area contributed by atoms with Crippen molar-refractivity contribution in [3.8, 4) is 22.5 Å². The first-order chi connectivity index (χ1) is 10.8. The molecule has 0 saturated carbocycles. The van der Waals surface area contributed by atoms with E-state index in [0.717, 1.165) is 27.0 Å². The monoisotopic (exact) mass is 350 g/mol. The van der Waals surface area contributed by atoms with Crippen LogP contribution in [0.25, 0.3) is 28.3 Å². The highest BCUT2D eigenvalue weighted by Gasteiger charge is 2.10. The highest BCUT2D eigenvalue weighted by atomic mass is 79.9. The van der Waals surface area contributed by atoms with Crippen LogP contribution in [0.3, 0.4) is 0 Å². The standard InChI is InChI=1S/C17H11BrN4/c18-14-8-6-13(7-9-14)16-10-15(12-4-2-1-3-5-12)21-17-19-11-20-22(16)17/h1-11H. The summed E-state index contributed by atoms with van der Waals surface area (Å²) in [6.07, 6.45) is 1.53. The Kier molecular flexibility index (Phi) is 3.20. The van der Waals surface area contributed by atoms with Gasteiger partial charge in [0, 0.05) is 15.6 Å². The lowest BCUT2D eigenvalue weighted by Crippen LogP contribution is -1.98. The fourth-order valence-corrected chi connectivity index (χ4v) is 2.66. The van der Waals surface area contributed by atoms with Gasteiger partial charge in [0.15, 0.2) is 0 Å². The van der Waals surface area contributed by atoms with Crippen LogP contribution in [0.1, 0.15) is 0 Å². The number of halogens is 1. The van der Waals surface area contributed by atoms with Crippen LogP contribution in [0.5, 0.6) is 0 Å². The Hall–Kier alpha value is -2.53. The minimum absolute atomic E-state index is 0.597. The average Bonchev–Trinajstić information content (AvgIpc) is 3.04. The summed E-state index contributed by atoms with van der Waals surface area (Å²) in [6, 6.07) is 20.3. The first kappa shape index (κ1) is 13.2. The first-order valence-corrected chi connectivity index (χ1v) is 7.63. The lowest BCUT2D eigenvalue weighted by atomic mass is 10.1. The predicted octanol–water partition coefficient (Wildman–Crippen LogP) is 4.22. The SMILES string of the molecule is Brc1ccc(-c2cc(-c3ccccc3)nc3ncnn23)cc1. The van der Waals surface area contributed by atoms with Crippen LogP contribution in [0.4, 0.5) is 0 Å². The zero-order valence-corrected chi connectivity index (χ0v) is 13.1. The lowest BCUT2D eigenvalue weighted by Gasteiger charge is -2.08. The quantitative estimate of drug-likeness (QED) is 0.543. The van der Waals surface area contributed by atoms with E-state index < -0.39 is 0 Å². The molecule has 0 aliphatic heterocycles. The fourth-order valence-electron chi connectivity index (χ4n) is 2.40. The van der Waals surface area contributed by atoms with Crippen LogP contribution in [-0.2, 0) is 0 Å². The van der Waals surface area contributed by atoms with Gasteiger partial charge in [-0.2, -0.15) is 14.6 Å². The lowest BCUT2D eigenvalue weighted by molar-refractivity contribution is 0.949. The largest absolute Gasteiger partial charge is 0.253 e. The summed E-state index contributed by atoms with van der Waals surface area (Å²) in [5.41, 5.74) is 3.98. The summed E-state index contributed by atoms with van der Waals surface area (Å²) >= 11 is 3.46. The molecule has 0 atom stereocenters. The number of benzene rings is 2. The van der Waals surface area contributed by atoms with Crippen molar-refractivity contribution in [3.05, 3.63) is 71.5 Å². The molecule has 4 rings (SSSR count). The number of hydrogen-bond donors (Lipinski definition) is 0. The van der Waals surface area contributed by atoms with Gasteiger partial charge in [-0.3, -0.25) is 0 Å². The molecule has 2 aromatic heterocycles. The molecule has 106 valence electrons. The van der Waals surface area contributed by atoms with E-state index in [-0.39, 0.29) is 0 Å². The second kappa shape index (κ2) is 5.35. The van der Waals surface area contributed by atoms with Crippen molar-refractivity contribution in [3.63, 3.8) is 0 Å². The molecule has 0 spiro atoms. The van der Waals surface area contributed by atoms with Gasteiger partial charge in [0.05, 0.1) is 11.4 Å². The summed E-state index contributed by atoms with van der Waals surface area (Å²) in [4.78, 5) is 8.83. The van der Waals surface area contributed by atoms with Gasteiger partial charge in [-0.15, -0.1) is 0 Å². The van der Waals surface area contributed by atoms with Crippen LogP contribution in [-0.4, -0.2) is 19.6 Å². The topological polar surface area (TPSA) is 43.1 Å². The third-order valence-corrected chi connectivity index (χ3v) is 3.99. The third kappa shape index (κ3) is 2.29. The molecule has 5 heteroatoms. The third-order valence-electron chi connectivity index (χ3n) is 3.46. The van der Waals surface area contributed by atoms with E-state index in [1.54, 1.807) is 4.52 Å². The van der Waals surface area contributed by atoms with Gasteiger partial charge in [0.25, 0.3) is 5.78 Å². The van der Waals surface area contributed by atoms with Gasteiger partial charge >= 0.3 is 0 Å². The molecular weight excluding hydrogens is 340 g/mol. The van der Waals surface area contributed by atoms with E-state index in [9.17, 15) is 0 Å². The molecule has 0 amide bonds. The Labute approximate surface area is 135 Å². The zero-order valence-electron chi connectivity index (χ0n) is 11.5. The molecule has 0 N–H and O–H groups in total. The van der Waals surface area contributed by atoms with Crippen molar-refractivity contribution >= 4 is 21.7 Å².